The summed E-state index contributed by atoms with van der Waals surface area (Å²) in [5.41, 5.74) is 3.87. The summed E-state index contributed by atoms with van der Waals surface area (Å²) in [5.74, 6) is 0.631. The van der Waals surface area contributed by atoms with Crippen molar-refractivity contribution in [1.29, 1.82) is 0 Å². The summed E-state index contributed by atoms with van der Waals surface area (Å²) < 4.78 is 1.75. The molecule has 1 aliphatic heterocycles. The molecule has 1 aromatic carbocycles. The van der Waals surface area contributed by atoms with E-state index < -0.39 is 0 Å². The van der Waals surface area contributed by atoms with E-state index in [0.29, 0.717) is 45.6 Å². The van der Waals surface area contributed by atoms with Crippen LogP contribution in [0.3, 0.4) is 0 Å². The van der Waals surface area contributed by atoms with E-state index >= 15 is 0 Å². The summed E-state index contributed by atoms with van der Waals surface area (Å²) in [6.45, 7) is 16.5. The van der Waals surface area contributed by atoms with Crippen molar-refractivity contribution in [3.8, 4) is 11.1 Å². The molecule has 0 spiro atoms. The quantitative estimate of drug-likeness (QED) is 0.524. The van der Waals surface area contributed by atoms with Gasteiger partial charge in [0.15, 0.2) is 0 Å². The lowest BCUT2D eigenvalue weighted by atomic mass is 10.0. The molecule has 0 saturated carbocycles. The van der Waals surface area contributed by atoms with Gasteiger partial charge in [-0.25, -0.2) is 9.97 Å². The Morgan fingerprint density at radius 3 is 2.68 bits per heavy atom. The third kappa shape index (κ3) is 5.17. The van der Waals surface area contributed by atoms with Gasteiger partial charge in [0, 0.05) is 78.3 Å². The first-order valence-corrected chi connectivity index (χ1v) is 11.7. The summed E-state index contributed by atoms with van der Waals surface area (Å²) in [5, 5.41) is 4.63. The van der Waals surface area contributed by atoms with Gasteiger partial charge in [-0.15, -0.1) is 0 Å². The van der Waals surface area contributed by atoms with Gasteiger partial charge >= 0.3 is 0 Å². The Labute approximate surface area is 204 Å². The van der Waals surface area contributed by atoms with Gasteiger partial charge in [-0.2, -0.15) is 0 Å². The second-order valence-corrected chi connectivity index (χ2v) is 8.84. The molecule has 4 rings (SSSR count). The van der Waals surface area contributed by atoms with Crippen molar-refractivity contribution in [2.24, 2.45) is 4.99 Å². The Bertz CT molecular complexity index is 1340. The molecule has 0 amide bonds. The maximum absolute atomic E-state index is 13.7. The number of aryl methyl sites for hydroxylation is 1. The van der Waals surface area contributed by atoms with Gasteiger partial charge in [-0.3, -0.25) is 19.3 Å². The topological polar surface area (TPSA) is 75.4 Å². The number of pyridine rings is 1. The molecule has 0 aliphatic carbocycles. The maximum Gasteiger partial charge on any atom is 0.260 e. The predicted molar refractivity (Wildman–Crippen MR) is 140 cm³/mol. The molecule has 3 heterocycles. The van der Waals surface area contributed by atoms with Crippen LogP contribution in [0.25, 0.3) is 22.2 Å². The molecular weight excluding hydrogens is 448 g/mol. The fourth-order valence-electron chi connectivity index (χ4n) is 4.15. The van der Waals surface area contributed by atoms with Crippen LogP contribution >= 0.6 is 11.6 Å². The fraction of sp³-hybridized carbons (Fsp3) is 0.308. The van der Waals surface area contributed by atoms with E-state index in [9.17, 15) is 4.79 Å². The highest BCUT2D eigenvalue weighted by Crippen LogP contribution is 2.29. The van der Waals surface area contributed by atoms with E-state index in [4.69, 9.17) is 11.6 Å². The maximum atomic E-state index is 13.7. The summed E-state index contributed by atoms with van der Waals surface area (Å²) in [4.78, 5) is 29.4. The second-order valence-electron chi connectivity index (χ2n) is 8.43. The van der Waals surface area contributed by atoms with Crippen molar-refractivity contribution in [3.63, 3.8) is 0 Å². The molecule has 0 atom stereocenters. The summed E-state index contributed by atoms with van der Waals surface area (Å²) in [7, 11) is 0. The van der Waals surface area contributed by atoms with Crippen LogP contribution in [0.2, 0.25) is 5.02 Å². The van der Waals surface area contributed by atoms with Gasteiger partial charge in [0.05, 0.1) is 5.71 Å². The van der Waals surface area contributed by atoms with E-state index in [1.807, 2.05) is 32.0 Å². The van der Waals surface area contributed by atoms with Crippen molar-refractivity contribution < 1.29 is 0 Å². The summed E-state index contributed by atoms with van der Waals surface area (Å²) >= 11 is 6.69. The van der Waals surface area contributed by atoms with Crippen molar-refractivity contribution in [3.05, 3.63) is 82.2 Å². The van der Waals surface area contributed by atoms with Gasteiger partial charge in [-0.1, -0.05) is 36.9 Å². The minimum Gasteiger partial charge on any atom is -0.314 e. The number of halogens is 1. The Morgan fingerprint density at radius 2 is 2.00 bits per heavy atom. The van der Waals surface area contributed by atoms with Gasteiger partial charge in [-0.05, 0) is 32.1 Å². The molecule has 176 valence electrons. The zero-order valence-electron chi connectivity index (χ0n) is 19.6. The van der Waals surface area contributed by atoms with Crippen LogP contribution < -0.4 is 10.9 Å². The largest absolute Gasteiger partial charge is 0.314 e. The third-order valence-corrected chi connectivity index (χ3v) is 6.17. The lowest BCUT2D eigenvalue weighted by molar-refractivity contribution is 0.232. The standard InChI is InChI=1S/C26H29ClN6O/c1-5-24(30-17(2)3)19-6-7-21(23(27)15-19)22-14-20-16-29-18(4)31-25(20)33(26(22)34)13-12-32-10-8-28-9-11-32/h5-7,14-16,28H,1-2,8-13H2,3-4H3/b30-24+. The van der Waals surface area contributed by atoms with Crippen LogP contribution in [-0.4, -0.2) is 57.9 Å². The van der Waals surface area contributed by atoms with Crippen molar-refractivity contribution in [2.45, 2.75) is 20.4 Å². The van der Waals surface area contributed by atoms with Crippen molar-refractivity contribution in [2.75, 3.05) is 32.7 Å². The molecular formula is C26H29ClN6O. The Hall–Kier alpha value is -3.13. The van der Waals surface area contributed by atoms with Crippen LogP contribution in [0.1, 0.15) is 18.3 Å². The van der Waals surface area contributed by atoms with Crippen LogP contribution in [0.15, 0.2) is 65.2 Å². The van der Waals surface area contributed by atoms with E-state index in [1.54, 1.807) is 22.9 Å². The minimum atomic E-state index is -0.116. The fourth-order valence-corrected chi connectivity index (χ4v) is 4.43. The molecule has 1 fully saturated rings. The average Bonchev–Trinajstić information content (AvgIpc) is 2.82. The Kier molecular flexibility index (Phi) is 7.36. The van der Waals surface area contributed by atoms with Crippen LogP contribution in [0.4, 0.5) is 0 Å². The van der Waals surface area contributed by atoms with Gasteiger partial charge in [0.1, 0.15) is 11.5 Å². The first-order valence-electron chi connectivity index (χ1n) is 11.3. The highest BCUT2D eigenvalue weighted by molar-refractivity contribution is 6.34. The molecule has 1 aliphatic rings. The summed E-state index contributed by atoms with van der Waals surface area (Å²) in [6.07, 6.45) is 3.43. The molecule has 1 saturated heterocycles. The molecule has 7 nitrogen and oxygen atoms in total. The smallest absolute Gasteiger partial charge is 0.260 e. The Morgan fingerprint density at radius 1 is 1.24 bits per heavy atom. The Balaban J connectivity index is 1.79. The predicted octanol–water partition coefficient (Wildman–Crippen LogP) is 3.83. The van der Waals surface area contributed by atoms with Gasteiger partial charge in [0.25, 0.3) is 5.56 Å². The molecule has 34 heavy (non-hydrogen) atoms. The highest BCUT2D eigenvalue weighted by Gasteiger charge is 2.17. The van der Waals surface area contributed by atoms with E-state index in [-0.39, 0.29) is 5.56 Å². The minimum absolute atomic E-state index is 0.116. The number of hydrogen-bond donors (Lipinski definition) is 1. The number of aliphatic imine (C=N–C) groups is 1. The monoisotopic (exact) mass is 476 g/mol. The zero-order valence-corrected chi connectivity index (χ0v) is 20.4. The number of nitrogens with zero attached hydrogens (tertiary/aromatic N) is 5. The van der Waals surface area contributed by atoms with Crippen LogP contribution in [-0.2, 0) is 6.54 Å². The number of allylic oxidation sites excluding steroid dienone is 2. The number of piperazine rings is 1. The average molecular weight is 477 g/mol. The number of nitrogens with one attached hydrogen (secondary N) is 1. The normalized spacial score (nSPS) is 15.0. The second kappa shape index (κ2) is 10.4. The first-order chi connectivity index (χ1) is 16.4. The molecule has 0 unspecified atom stereocenters. The van der Waals surface area contributed by atoms with E-state index in [1.165, 1.54) is 0 Å². The van der Waals surface area contributed by atoms with Gasteiger partial charge in [0.2, 0.25) is 0 Å². The molecule has 8 heteroatoms. The number of benzene rings is 1. The lowest BCUT2D eigenvalue weighted by Crippen LogP contribution is -2.45. The van der Waals surface area contributed by atoms with Crippen LogP contribution in [0, 0.1) is 6.92 Å². The SMILES string of the molecule is C=C/C(=N\C(=C)C)c1ccc(-c2cc3cnc(C)nc3n(CCN3CCNCC3)c2=O)c(Cl)c1. The molecule has 0 bridgehead atoms. The van der Waals surface area contributed by atoms with E-state index in [0.717, 1.165) is 43.7 Å². The number of aromatic nitrogens is 3. The molecule has 2 aromatic heterocycles. The molecule has 0 radical (unpaired) electrons. The summed E-state index contributed by atoms with van der Waals surface area (Å²) in [6, 6.07) is 7.38. The first kappa shape index (κ1) is 24.0. The number of hydrogen-bond acceptors (Lipinski definition) is 6. The number of fused-ring (bicyclic) bond motifs is 1. The van der Waals surface area contributed by atoms with Gasteiger partial charge < -0.3 is 5.32 Å². The van der Waals surface area contributed by atoms with Crippen LogP contribution in [0.5, 0.6) is 0 Å². The zero-order chi connectivity index (χ0) is 24.2. The van der Waals surface area contributed by atoms with Crippen molar-refractivity contribution >= 4 is 28.3 Å². The third-order valence-electron chi connectivity index (χ3n) is 5.86. The molecule has 3 aromatic rings. The van der Waals surface area contributed by atoms with Crippen molar-refractivity contribution in [1.82, 2.24) is 24.8 Å². The lowest BCUT2D eigenvalue weighted by Gasteiger charge is -2.27. The number of rotatable bonds is 7. The molecule has 1 N–H and O–H groups in total. The highest BCUT2D eigenvalue weighted by atomic mass is 35.5. The van der Waals surface area contributed by atoms with E-state index in [2.05, 4.69) is 38.3 Å².